The number of hydrogen-bond donors (Lipinski definition) is 1. The average Bonchev–Trinajstić information content (AvgIpc) is 2.48. The molecule has 1 aliphatic heterocycles. The van der Waals surface area contributed by atoms with Crippen LogP contribution in [0.2, 0.25) is 0 Å². The number of fused-ring (bicyclic) bond motifs is 1. The van der Waals surface area contributed by atoms with Crippen LogP contribution >= 0.6 is 0 Å². The highest BCUT2D eigenvalue weighted by Crippen LogP contribution is 2.38. The summed E-state index contributed by atoms with van der Waals surface area (Å²) < 4.78 is 5.74. The van der Waals surface area contributed by atoms with Gasteiger partial charge in [0.1, 0.15) is 5.75 Å². The zero-order valence-electron chi connectivity index (χ0n) is 14.3. The van der Waals surface area contributed by atoms with Gasteiger partial charge in [-0.05, 0) is 44.4 Å². The Bertz CT molecular complexity index is 538. The maximum absolute atomic E-state index is 12.4. The summed E-state index contributed by atoms with van der Waals surface area (Å²) >= 11 is 0. The number of nitrogens with zero attached hydrogens (tertiary/aromatic N) is 1. The third kappa shape index (κ3) is 2.98. The summed E-state index contributed by atoms with van der Waals surface area (Å²) in [4.78, 5) is 14.3. The van der Waals surface area contributed by atoms with Gasteiger partial charge in [0.2, 0.25) is 0 Å². The molecule has 0 saturated carbocycles. The minimum atomic E-state index is -0.437. The molecule has 0 radical (unpaired) electrons. The SMILES string of the molecule is CCC(CC)C(N)c1ccc2c(c1)N(C(C)C)C(=O)C(C)O2. The molecule has 0 bridgehead atoms. The Morgan fingerprint density at radius 3 is 2.45 bits per heavy atom. The van der Waals surface area contributed by atoms with Gasteiger partial charge in [-0.25, -0.2) is 0 Å². The lowest BCUT2D eigenvalue weighted by Crippen LogP contribution is -2.48. The minimum absolute atomic E-state index is 0.00996. The van der Waals surface area contributed by atoms with E-state index in [9.17, 15) is 4.79 Å². The average molecular weight is 304 g/mol. The molecule has 0 saturated heterocycles. The number of benzene rings is 1. The molecule has 1 aromatic carbocycles. The Hall–Kier alpha value is -1.55. The van der Waals surface area contributed by atoms with Gasteiger partial charge in [0.25, 0.3) is 5.91 Å². The lowest BCUT2D eigenvalue weighted by Gasteiger charge is -2.36. The van der Waals surface area contributed by atoms with Crippen LogP contribution in [0.4, 0.5) is 5.69 Å². The number of amides is 1. The number of ether oxygens (including phenoxy) is 1. The van der Waals surface area contributed by atoms with Crippen molar-refractivity contribution in [3.05, 3.63) is 23.8 Å². The smallest absolute Gasteiger partial charge is 0.268 e. The van der Waals surface area contributed by atoms with Crippen LogP contribution in [0.25, 0.3) is 0 Å². The summed E-state index contributed by atoms with van der Waals surface area (Å²) in [6.07, 6.45) is 1.66. The van der Waals surface area contributed by atoms with Crippen molar-refractivity contribution in [1.82, 2.24) is 0 Å². The van der Waals surface area contributed by atoms with E-state index in [1.807, 2.05) is 36.9 Å². The van der Waals surface area contributed by atoms with Crippen molar-refractivity contribution >= 4 is 11.6 Å². The van der Waals surface area contributed by atoms with Gasteiger partial charge in [-0.1, -0.05) is 32.8 Å². The highest BCUT2D eigenvalue weighted by Gasteiger charge is 2.33. The summed E-state index contributed by atoms with van der Waals surface area (Å²) in [6.45, 7) is 10.2. The Morgan fingerprint density at radius 1 is 1.27 bits per heavy atom. The predicted molar refractivity (Wildman–Crippen MR) is 90.2 cm³/mol. The third-order valence-electron chi connectivity index (χ3n) is 4.59. The maximum Gasteiger partial charge on any atom is 0.268 e. The van der Waals surface area contributed by atoms with Gasteiger partial charge in [-0.2, -0.15) is 0 Å². The van der Waals surface area contributed by atoms with Crippen LogP contribution in [0.3, 0.4) is 0 Å². The van der Waals surface area contributed by atoms with Crippen molar-refractivity contribution in [2.45, 2.75) is 65.6 Å². The van der Waals surface area contributed by atoms with Crippen LogP contribution in [-0.2, 0) is 4.79 Å². The monoisotopic (exact) mass is 304 g/mol. The fraction of sp³-hybridized carbons (Fsp3) is 0.611. The van der Waals surface area contributed by atoms with Crippen LogP contribution in [0.1, 0.15) is 59.1 Å². The number of carbonyl (C=O) groups is 1. The van der Waals surface area contributed by atoms with Gasteiger partial charge in [0.15, 0.2) is 6.10 Å². The molecule has 1 aliphatic rings. The first-order valence-corrected chi connectivity index (χ1v) is 8.29. The summed E-state index contributed by atoms with van der Waals surface area (Å²) in [5.41, 5.74) is 8.35. The number of carbonyl (C=O) groups excluding carboxylic acids is 1. The van der Waals surface area contributed by atoms with Gasteiger partial charge in [0.05, 0.1) is 5.69 Å². The van der Waals surface area contributed by atoms with Gasteiger partial charge in [-0.15, -0.1) is 0 Å². The molecule has 0 fully saturated rings. The molecule has 2 atom stereocenters. The molecule has 2 unspecified atom stereocenters. The van der Waals surface area contributed by atoms with Crippen molar-refractivity contribution in [3.8, 4) is 5.75 Å². The molecular weight excluding hydrogens is 276 g/mol. The molecule has 0 aromatic heterocycles. The first-order chi connectivity index (χ1) is 10.4. The zero-order chi connectivity index (χ0) is 16.4. The molecule has 122 valence electrons. The summed E-state index contributed by atoms with van der Waals surface area (Å²) in [5.74, 6) is 1.22. The quantitative estimate of drug-likeness (QED) is 0.903. The highest BCUT2D eigenvalue weighted by atomic mass is 16.5. The zero-order valence-corrected chi connectivity index (χ0v) is 14.3. The van der Waals surface area contributed by atoms with Gasteiger partial charge >= 0.3 is 0 Å². The van der Waals surface area contributed by atoms with Crippen molar-refractivity contribution in [2.24, 2.45) is 11.7 Å². The highest BCUT2D eigenvalue weighted by molar-refractivity contribution is 6.00. The van der Waals surface area contributed by atoms with E-state index in [0.29, 0.717) is 5.92 Å². The summed E-state index contributed by atoms with van der Waals surface area (Å²) in [6, 6.07) is 6.09. The van der Waals surface area contributed by atoms with Crippen molar-refractivity contribution < 1.29 is 9.53 Å². The second-order valence-electron chi connectivity index (χ2n) is 6.39. The van der Waals surface area contributed by atoms with Crippen LogP contribution in [-0.4, -0.2) is 18.1 Å². The van der Waals surface area contributed by atoms with Gasteiger partial charge in [0, 0.05) is 12.1 Å². The molecule has 0 spiro atoms. The van der Waals surface area contributed by atoms with E-state index in [2.05, 4.69) is 13.8 Å². The first kappa shape index (κ1) is 16.8. The molecule has 2 N–H and O–H groups in total. The van der Waals surface area contributed by atoms with E-state index < -0.39 is 6.10 Å². The van der Waals surface area contributed by atoms with E-state index in [4.69, 9.17) is 10.5 Å². The minimum Gasteiger partial charge on any atom is -0.479 e. The molecule has 1 heterocycles. The number of anilines is 1. The Kier molecular flexibility index (Phi) is 5.12. The Balaban J connectivity index is 2.43. The van der Waals surface area contributed by atoms with Crippen LogP contribution < -0.4 is 15.4 Å². The lowest BCUT2D eigenvalue weighted by molar-refractivity contribution is -0.125. The van der Waals surface area contributed by atoms with Gasteiger partial charge in [-0.3, -0.25) is 4.79 Å². The molecule has 22 heavy (non-hydrogen) atoms. The molecule has 4 nitrogen and oxygen atoms in total. The van der Waals surface area contributed by atoms with Crippen molar-refractivity contribution in [3.63, 3.8) is 0 Å². The number of hydrogen-bond acceptors (Lipinski definition) is 3. The van der Waals surface area contributed by atoms with Crippen molar-refractivity contribution in [2.75, 3.05) is 4.90 Å². The van der Waals surface area contributed by atoms with Crippen LogP contribution in [0, 0.1) is 5.92 Å². The lowest BCUT2D eigenvalue weighted by atomic mass is 9.89. The molecule has 2 rings (SSSR count). The second-order valence-corrected chi connectivity index (χ2v) is 6.39. The maximum atomic E-state index is 12.4. The normalized spacial score (nSPS) is 19.4. The van der Waals surface area contributed by atoms with Crippen LogP contribution in [0.15, 0.2) is 18.2 Å². The van der Waals surface area contributed by atoms with Crippen LogP contribution in [0.5, 0.6) is 5.75 Å². The first-order valence-electron chi connectivity index (χ1n) is 8.29. The van der Waals surface area contributed by atoms with E-state index in [1.54, 1.807) is 6.92 Å². The third-order valence-corrected chi connectivity index (χ3v) is 4.59. The molecule has 1 aromatic rings. The summed E-state index contributed by atoms with van der Waals surface area (Å²) in [7, 11) is 0. The van der Waals surface area contributed by atoms with Crippen molar-refractivity contribution in [1.29, 1.82) is 0 Å². The Morgan fingerprint density at radius 2 is 1.91 bits per heavy atom. The predicted octanol–water partition coefficient (Wildman–Crippen LogP) is 3.64. The molecular formula is C18H28N2O2. The van der Waals surface area contributed by atoms with E-state index in [0.717, 1.165) is 29.8 Å². The van der Waals surface area contributed by atoms with Gasteiger partial charge < -0.3 is 15.4 Å². The molecule has 4 heteroatoms. The standard InChI is InChI=1S/C18H28N2O2/c1-6-13(7-2)17(19)14-8-9-16-15(10-14)20(11(3)4)18(21)12(5)22-16/h8-13,17H,6-7,19H2,1-5H3. The topological polar surface area (TPSA) is 55.6 Å². The van der Waals surface area contributed by atoms with E-state index in [-0.39, 0.29) is 18.0 Å². The fourth-order valence-corrected chi connectivity index (χ4v) is 3.19. The number of rotatable bonds is 5. The fourth-order valence-electron chi connectivity index (χ4n) is 3.19. The largest absolute Gasteiger partial charge is 0.479 e. The Labute approximate surface area is 133 Å². The second kappa shape index (κ2) is 6.69. The van der Waals surface area contributed by atoms with E-state index in [1.165, 1.54) is 0 Å². The number of nitrogens with two attached hydrogens (primary N) is 1. The summed E-state index contributed by atoms with van der Waals surface area (Å²) in [5, 5.41) is 0. The van der Waals surface area contributed by atoms with E-state index >= 15 is 0 Å². The molecule has 1 amide bonds. The molecule has 0 aliphatic carbocycles.